The molecule has 0 saturated heterocycles. The third-order valence-corrected chi connectivity index (χ3v) is 6.72. The average molecular weight is 527 g/mol. The molecule has 0 unspecified atom stereocenters. The number of hydrogen-bond acceptors (Lipinski definition) is 0. The van der Waals surface area contributed by atoms with Gasteiger partial charge < -0.3 is 0 Å². The quantitative estimate of drug-likeness (QED) is 0.205. The van der Waals surface area contributed by atoms with Crippen molar-refractivity contribution in [1.82, 2.24) is 0 Å². The maximum atomic E-state index is 3.10. The summed E-state index contributed by atoms with van der Waals surface area (Å²) in [5.41, 5.74) is 15.3. The topological polar surface area (TPSA) is 0 Å². The molecule has 0 nitrogen and oxygen atoms in total. The van der Waals surface area contributed by atoms with Crippen molar-refractivity contribution < 1.29 is 32.7 Å². The number of rotatable bonds is 4. The molecule has 0 amide bonds. The molecule has 0 aromatic heterocycles. The zero-order chi connectivity index (χ0) is 23.7. The molecule has 0 fully saturated rings. The van der Waals surface area contributed by atoms with E-state index in [0.29, 0.717) is 0 Å². The molecule has 0 spiro atoms. The number of aryl methyl sites for hydroxylation is 4. The van der Waals surface area contributed by atoms with Crippen LogP contribution in [0.25, 0.3) is 44.5 Å². The van der Waals surface area contributed by atoms with Gasteiger partial charge in [0.05, 0.1) is 0 Å². The Morgan fingerprint density at radius 1 is 0.400 bits per heavy atom. The van der Waals surface area contributed by atoms with Gasteiger partial charge in [0, 0.05) is 32.7 Å². The smallest absolute Gasteiger partial charge is 0 e. The van der Waals surface area contributed by atoms with Crippen LogP contribution in [0.3, 0.4) is 0 Å². The summed E-state index contributed by atoms with van der Waals surface area (Å²) in [6, 6.07) is 40.5. The SMILES string of the molecule is Cc1ccc(-c2ccc(-c3ccc(-c4ccc(-c5cc[c-]cc5)c(C)c4)cc3C)cc2C)cc1.[Y]. The van der Waals surface area contributed by atoms with E-state index in [1.807, 2.05) is 12.1 Å². The Balaban J connectivity index is 0.00000289. The summed E-state index contributed by atoms with van der Waals surface area (Å²) in [6.45, 7) is 8.74. The van der Waals surface area contributed by atoms with E-state index >= 15 is 0 Å². The van der Waals surface area contributed by atoms with E-state index in [-0.39, 0.29) is 32.7 Å². The molecule has 0 aliphatic rings. The van der Waals surface area contributed by atoms with E-state index in [1.165, 1.54) is 66.8 Å². The third kappa shape index (κ3) is 5.40. The molecule has 0 aliphatic carbocycles. The molecule has 1 radical (unpaired) electrons. The Morgan fingerprint density at radius 2 is 0.771 bits per heavy atom. The normalized spacial score (nSPS) is 10.6. The van der Waals surface area contributed by atoms with Gasteiger partial charge in [0.15, 0.2) is 0 Å². The van der Waals surface area contributed by atoms with Crippen LogP contribution >= 0.6 is 0 Å². The number of benzene rings is 5. The first-order valence-corrected chi connectivity index (χ1v) is 11.9. The molecule has 0 heterocycles. The van der Waals surface area contributed by atoms with Crippen LogP contribution in [0.2, 0.25) is 0 Å². The van der Waals surface area contributed by atoms with E-state index < -0.39 is 0 Å². The Hall–Kier alpha value is -2.80. The molecule has 169 valence electrons. The molecule has 5 aromatic carbocycles. The van der Waals surface area contributed by atoms with E-state index in [2.05, 4.69) is 125 Å². The van der Waals surface area contributed by atoms with E-state index in [9.17, 15) is 0 Å². The fourth-order valence-corrected chi connectivity index (χ4v) is 4.79. The first-order valence-electron chi connectivity index (χ1n) is 11.9. The fourth-order valence-electron chi connectivity index (χ4n) is 4.79. The summed E-state index contributed by atoms with van der Waals surface area (Å²) in [4.78, 5) is 0. The van der Waals surface area contributed by atoms with Crippen molar-refractivity contribution in [3.63, 3.8) is 0 Å². The van der Waals surface area contributed by atoms with Gasteiger partial charge in [0.2, 0.25) is 0 Å². The van der Waals surface area contributed by atoms with Crippen molar-refractivity contribution >= 4 is 0 Å². The molecule has 0 bridgehead atoms. The minimum Gasteiger partial charge on any atom is -0.184 e. The molecule has 5 aromatic rings. The van der Waals surface area contributed by atoms with Crippen molar-refractivity contribution in [2.45, 2.75) is 27.7 Å². The minimum atomic E-state index is 0. The predicted molar refractivity (Wildman–Crippen MR) is 146 cm³/mol. The largest absolute Gasteiger partial charge is 0.184 e. The third-order valence-electron chi connectivity index (χ3n) is 6.72. The second-order valence-corrected chi connectivity index (χ2v) is 9.24. The van der Waals surface area contributed by atoms with Crippen LogP contribution in [0.15, 0.2) is 103 Å². The second kappa shape index (κ2) is 10.9. The predicted octanol–water partition coefficient (Wildman–Crippen LogP) is 9.39. The van der Waals surface area contributed by atoms with Crippen LogP contribution in [-0.2, 0) is 32.7 Å². The van der Waals surface area contributed by atoms with Gasteiger partial charge in [0.25, 0.3) is 0 Å². The van der Waals surface area contributed by atoms with Gasteiger partial charge >= 0.3 is 0 Å². The Morgan fingerprint density at radius 3 is 1.26 bits per heavy atom. The summed E-state index contributed by atoms with van der Waals surface area (Å²) in [5.74, 6) is 0. The molecular formula is C34H29Y-. The van der Waals surface area contributed by atoms with Gasteiger partial charge in [-0.3, -0.25) is 0 Å². The molecule has 0 N–H and O–H groups in total. The Labute approximate surface area is 235 Å². The van der Waals surface area contributed by atoms with E-state index in [0.717, 1.165) is 0 Å². The van der Waals surface area contributed by atoms with Gasteiger partial charge in [-0.05, 0) is 83.3 Å². The van der Waals surface area contributed by atoms with Gasteiger partial charge in [-0.15, -0.1) is 5.56 Å². The van der Waals surface area contributed by atoms with E-state index in [1.54, 1.807) is 0 Å². The van der Waals surface area contributed by atoms with E-state index in [4.69, 9.17) is 0 Å². The van der Waals surface area contributed by atoms with Crippen molar-refractivity contribution in [1.29, 1.82) is 0 Å². The van der Waals surface area contributed by atoms with Gasteiger partial charge in [-0.2, -0.15) is 30.3 Å². The maximum Gasteiger partial charge on any atom is 0 e. The van der Waals surface area contributed by atoms with Gasteiger partial charge in [-0.1, -0.05) is 84.4 Å². The van der Waals surface area contributed by atoms with Crippen LogP contribution in [0, 0.1) is 33.8 Å². The average Bonchev–Trinajstić information content (AvgIpc) is 2.85. The molecule has 0 saturated carbocycles. The van der Waals surface area contributed by atoms with Gasteiger partial charge in [0.1, 0.15) is 0 Å². The standard InChI is InChI=1S/C34H29.Y/c1-23-10-12-28(13-11-23)33-19-16-31(22-26(33)4)34-18-15-30(21-25(34)3)29-14-17-32(24(2)20-29)27-8-6-5-7-9-27;/h6-22H,1-4H3;/q-1;. The molecule has 1 heteroatoms. The first kappa shape index (κ1) is 25.3. The van der Waals surface area contributed by atoms with Crippen LogP contribution in [0.1, 0.15) is 22.3 Å². The van der Waals surface area contributed by atoms with Crippen LogP contribution < -0.4 is 0 Å². The van der Waals surface area contributed by atoms with Crippen molar-refractivity contribution in [2.24, 2.45) is 0 Å². The summed E-state index contributed by atoms with van der Waals surface area (Å²) in [5, 5.41) is 0. The van der Waals surface area contributed by atoms with Crippen LogP contribution in [0.4, 0.5) is 0 Å². The molecule has 0 aliphatic heterocycles. The summed E-state index contributed by atoms with van der Waals surface area (Å²) in [7, 11) is 0. The van der Waals surface area contributed by atoms with Crippen molar-refractivity contribution in [3.05, 3.63) is 131 Å². The maximum absolute atomic E-state index is 3.10. The zero-order valence-electron chi connectivity index (χ0n) is 20.9. The molecule has 35 heavy (non-hydrogen) atoms. The summed E-state index contributed by atoms with van der Waals surface area (Å²) < 4.78 is 0. The first-order chi connectivity index (χ1) is 16.5. The van der Waals surface area contributed by atoms with Crippen molar-refractivity contribution in [3.8, 4) is 44.5 Å². The Kier molecular flexibility index (Phi) is 7.85. The second-order valence-electron chi connectivity index (χ2n) is 9.24. The van der Waals surface area contributed by atoms with Crippen molar-refractivity contribution in [2.75, 3.05) is 0 Å². The fraction of sp³-hybridized carbons (Fsp3) is 0.118. The number of hydrogen-bond donors (Lipinski definition) is 0. The van der Waals surface area contributed by atoms with Crippen LogP contribution in [0.5, 0.6) is 0 Å². The molecular weight excluding hydrogens is 497 g/mol. The molecule has 0 atom stereocenters. The molecule has 5 rings (SSSR count). The zero-order valence-corrected chi connectivity index (χ0v) is 23.7. The van der Waals surface area contributed by atoms with Crippen LogP contribution in [-0.4, -0.2) is 0 Å². The Bertz CT molecular complexity index is 1460. The van der Waals surface area contributed by atoms with Gasteiger partial charge in [-0.25, -0.2) is 0 Å². The summed E-state index contributed by atoms with van der Waals surface area (Å²) >= 11 is 0. The summed E-state index contributed by atoms with van der Waals surface area (Å²) in [6.07, 6.45) is 0. The minimum absolute atomic E-state index is 0. The monoisotopic (exact) mass is 526 g/mol.